The summed E-state index contributed by atoms with van der Waals surface area (Å²) in [6, 6.07) is 61.3. The number of benzene rings is 8. The van der Waals surface area contributed by atoms with Gasteiger partial charge in [-0.2, -0.15) is 4.99 Å². The summed E-state index contributed by atoms with van der Waals surface area (Å²) in [5.74, 6) is 1.23. The topological polar surface area (TPSA) is 72.9 Å². The number of hydrogen-bond acceptors (Lipinski definition) is 5. The van der Waals surface area contributed by atoms with Gasteiger partial charge in [0.25, 0.3) is 0 Å². The highest BCUT2D eigenvalue weighted by Gasteiger charge is 2.28. The zero-order valence-electron chi connectivity index (χ0n) is 30.9. The van der Waals surface area contributed by atoms with Crippen LogP contribution in [0.5, 0.6) is 0 Å². The molecule has 0 amide bonds. The van der Waals surface area contributed by atoms with Crippen molar-refractivity contribution in [3.63, 3.8) is 0 Å². The van der Waals surface area contributed by atoms with Crippen LogP contribution in [-0.2, 0) is 0 Å². The average Bonchev–Trinajstić information content (AvgIpc) is 4.04. The number of para-hydroxylation sites is 7. The van der Waals surface area contributed by atoms with E-state index in [4.69, 9.17) is 18.8 Å². The van der Waals surface area contributed by atoms with E-state index in [0.29, 0.717) is 11.8 Å². The van der Waals surface area contributed by atoms with E-state index in [1.54, 1.807) is 0 Å². The number of nitrogens with one attached hydrogen (secondary N) is 1. The summed E-state index contributed by atoms with van der Waals surface area (Å²) >= 11 is 0. The minimum Gasteiger partial charge on any atom is -0.456 e. The van der Waals surface area contributed by atoms with E-state index in [2.05, 4.69) is 172 Å². The van der Waals surface area contributed by atoms with Crippen molar-refractivity contribution in [2.45, 2.75) is 6.17 Å². The second-order valence-corrected chi connectivity index (χ2v) is 14.9. The minimum absolute atomic E-state index is 0.528. The maximum absolute atomic E-state index is 6.91. The molecule has 8 aromatic carbocycles. The fourth-order valence-electron chi connectivity index (χ4n) is 9.34. The molecule has 0 saturated carbocycles. The van der Waals surface area contributed by atoms with Gasteiger partial charge in [0, 0.05) is 43.3 Å². The van der Waals surface area contributed by atoms with Crippen LogP contribution in [0.25, 0.3) is 93.2 Å². The lowest BCUT2D eigenvalue weighted by atomic mass is 10.1. The Morgan fingerprint density at radius 1 is 0.431 bits per heavy atom. The van der Waals surface area contributed by atoms with Crippen LogP contribution in [0.3, 0.4) is 0 Å². The van der Waals surface area contributed by atoms with Crippen LogP contribution in [0.1, 0.15) is 17.3 Å². The van der Waals surface area contributed by atoms with Crippen LogP contribution in [-0.4, -0.2) is 20.9 Å². The molecule has 7 heteroatoms. The average molecular weight is 746 g/mol. The first kappa shape index (κ1) is 31.3. The summed E-state index contributed by atoms with van der Waals surface area (Å²) in [6.45, 7) is 0. The molecule has 0 fully saturated rings. The molecule has 58 heavy (non-hydrogen) atoms. The number of aliphatic imine (C=N–C) groups is 2. The van der Waals surface area contributed by atoms with Gasteiger partial charge in [-0.05, 0) is 48.5 Å². The summed E-state index contributed by atoms with van der Waals surface area (Å²) in [4.78, 5) is 10.8. The Labute approximate surface area is 330 Å². The van der Waals surface area contributed by atoms with Gasteiger partial charge in [0.2, 0.25) is 5.96 Å². The highest BCUT2D eigenvalue weighted by Crippen LogP contribution is 2.41. The molecule has 1 N–H and O–H groups in total. The molecule has 1 atom stereocenters. The van der Waals surface area contributed by atoms with Crippen molar-refractivity contribution in [3.8, 4) is 5.69 Å². The summed E-state index contributed by atoms with van der Waals surface area (Å²) in [5.41, 5.74) is 10.3. The Bertz CT molecular complexity index is 3640. The van der Waals surface area contributed by atoms with Gasteiger partial charge in [0.1, 0.15) is 22.3 Å². The highest BCUT2D eigenvalue weighted by atomic mass is 16.3. The highest BCUT2D eigenvalue weighted by molar-refractivity contribution is 6.22. The van der Waals surface area contributed by atoms with E-state index >= 15 is 0 Å². The third-order valence-electron chi connectivity index (χ3n) is 11.8. The van der Waals surface area contributed by atoms with Crippen molar-refractivity contribution in [1.82, 2.24) is 14.5 Å². The molecule has 1 aliphatic rings. The lowest BCUT2D eigenvalue weighted by Crippen LogP contribution is -2.37. The molecule has 1 aliphatic heterocycles. The summed E-state index contributed by atoms with van der Waals surface area (Å²) in [5, 5.41) is 12.6. The summed E-state index contributed by atoms with van der Waals surface area (Å²) in [7, 11) is 0. The molecule has 7 nitrogen and oxygen atoms in total. The Hall–Kier alpha value is -7.90. The Morgan fingerprint density at radius 2 is 0.948 bits per heavy atom. The maximum atomic E-state index is 6.91. The number of rotatable bonds is 3. The molecular weight excluding hydrogens is 715 g/mol. The molecular formula is C51H31N5O2. The van der Waals surface area contributed by atoms with E-state index in [9.17, 15) is 0 Å². The number of furan rings is 2. The lowest BCUT2D eigenvalue weighted by molar-refractivity contribution is 0.623. The van der Waals surface area contributed by atoms with Gasteiger partial charge >= 0.3 is 0 Å². The Balaban J connectivity index is 1.07. The Kier molecular flexibility index (Phi) is 6.37. The first-order chi connectivity index (χ1) is 28.8. The predicted molar refractivity (Wildman–Crippen MR) is 236 cm³/mol. The van der Waals surface area contributed by atoms with E-state index in [1.165, 1.54) is 10.8 Å². The second kappa shape index (κ2) is 11.8. The lowest BCUT2D eigenvalue weighted by Gasteiger charge is -2.24. The molecule has 13 rings (SSSR count). The number of hydrogen-bond donors (Lipinski definition) is 1. The second-order valence-electron chi connectivity index (χ2n) is 14.9. The van der Waals surface area contributed by atoms with Crippen molar-refractivity contribution < 1.29 is 8.83 Å². The van der Waals surface area contributed by atoms with Gasteiger partial charge in [-0.1, -0.05) is 127 Å². The maximum Gasteiger partial charge on any atom is 0.211 e. The van der Waals surface area contributed by atoms with Crippen LogP contribution in [0.4, 0.5) is 0 Å². The number of fused-ring (bicyclic) bond motifs is 12. The smallest absolute Gasteiger partial charge is 0.211 e. The molecule has 0 spiro atoms. The van der Waals surface area contributed by atoms with Crippen LogP contribution in [0.2, 0.25) is 0 Å². The van der Waals surface area contributed by atoms with E-state index in [0.717, 1.165) is 93.5 Å². The van der Waals surface area contributed by atoms with Crippen LogP contribution < -0.4 is 5.32 Å². The molecule has 4 aromatic heterocycles. The zero-order chi connectivity index (χ0) is 37.9. The first-order valence-electron chi connectivity index (χ1n) is 19.5. The fourth-order valence-corrected chi connectivity index (χ4v) is 9.34. The van der Waals surface area contributed by atoms with Gasteiger partial charge in [-0.15, -0.1) is 0 Å². The van der Waals surface area contributed by atoms with Crippen LogP contribution in [0, 0.1) is 0 Å². The quantitative estimate of drug-likeness (QED) is 0.196. The molecule has 0 bridgehead atoms. The third kappa shape index (κ3) is 4.32. The predicted octanol–water partition coefficient (Wildman–Crippen LogP) is 12.6. The van der Waals surface area contributed by atoms with E-state index in [1.807, 2.05) is 18.2 Å². The minimum atomic E-state index is -0.528. The van der Waals surface area contributed by atoms with Crippen LogP contribution in [0.15, 0.2) is 195 Å². The molecule has 12 aromatic rings. The molecule has 5 heterocycles. The monoisotopic (exact) mass is 745 g/mol. The summed E-state index contributed by atoms with van der Waals surface area (Å²) < 4.78 is 18.1. The number of aromatic nitrogens is 2. The van der Waals surface area contributed by atoms with Crippen molar-refractivity contribution in [3.05, 3.63) is 187 Å². The van der Waals surface area contributed by atoms with Gasteiger partial charge in [-0.25, -0.2) is 4.99 Å². The third-order valence-corrected chi connectivity index (χ3v) is 11.8. The zero-order valence-corrected chi connectivity index (χ0v) is 30.9. The standard InChI is InChI=1S/C51H31N5O2/c1-6-23-39-30(14-1)31-15-2-7-24-40(31)55(39)43-27-13-29-45-46(43)36-20-12-22-38(48(36)58-45)50-52-49(37-21-11-19-35-34-18-5-10-28-44(34)57-47(35)37)53-51(54-50)56-41-25-8-3-16-32(41)33-17-4-9-26-42(33)56/h1-29,49H,(H,52,53,54). The van der Waals surface area contributed by atoms with Gasteiger partial charge in [0.05, 0.1) is 38.7 Å². The normalized spacial score (nSPS) is 14.7. The number of nitrogens with zero attached hydrogens (tertiary/aromatic N) is 4. The Morgan fingerprint density at radius 3 is 1.64 bits per heavy atom. The van der Waals surface area contributed by atoms with E-state index < -0.39 is 6.17 Å². The van der Waals surface area contributed by atoms with Gasteiger partial charge in [0.15, 0.2) is 12.0 Å². The van der Waals surface area contributed by atoms with Crippen molar-refractivity contribution >= 4 is 99.3 Å². The molecule has 0 radical (unpaired) electrons. The SMILES string of the molecule is c1ccc2c(c1)oc1c(C3N=C(c4cccc5c4oc4cccc(-n6c7ccccc7c7ccccc76)c45)N=C(n4c5ccccc5c5ccccc54)N3)cccc12. The van der Waals surface area contributed by atoms with Gasteiger partial charge in [-0.3, -0.25) is 4.57 Å². The van der Waals surface area contributed by atoms with Crippen molar-refractivity contribution in [2.24, 2.45) is 9.98 Å². The summed E-state index contributed by atoms with van der Waals surface area (Å²) in [6.07, 6.45) is -0.528. The van der Waals surface area contributed by atoms with E-state index in [-0.39, 0.29) is 0 Å². The molecule has 0 saturated heterocycles. The first-order valence-corrected chi connectivity index (χ1v) is 19.5. The number of amidine groups is 1. The molecule has 272 valence electrons. The van der Waals surface area contributed by atoms with Crippen molar-refractivity contribution in [1.29, 1.82) is 0 Å². The molecule has 0 aliphatic carbocycles. The fraction of sp³-hybridized carbons (Fsp3) is 0.0196. The van der Waals surface area contributed by atoms with Crippen LogP contribution >= 0.6 is 0 Å². The largest absolute Gasteiger partial charge is 0.456 e. The van der Waals surface area contributed by atoms with Gasteiger partial charge < -0.3 is 18.7 Å². The molecule has 1 unspecified atom stereocenters. The van der Waals surface area contributed by atoms with Crippen molar-refractivity contribution in [2.75, 3.05) is 0 Å².